The summed E-state index contributed by atoms with van der Waals surface area (Å²) in [5.74, 6) is -0.235. The highest BCUT2D eigenvalue weighted by atomic mass is 32.2. The highest BCUT2D eigenvalue weighted by molar-refractivity contribution is 7.92. The predicted molar refractivity (Wildman–Crippen MR) is 110 cm³/mol. The Hall–Kier alpha value is -3.72. The molecule has 0 fully saturated rings. The van der Waals surface area contributed by atoms with Crippen LogP contribution in [0, 0.1) is 10.1 Å². The molecular formula is C20H17N3O5S. The first-order chi connectivity index (χ1) is 13.8. The van der Waals surface area contributed by atoms with Crippen LogP contribution in [-0.2, 0) is 10.0 Å². The van der Waals surface area contributed by atoms with Gasteiger partial charge in [-0.2, -0.15) is 0 Å². The van der Waals surface area contributed by atoms with Crippen molar-refractivity contribution in [2.75, 3.05) is 16.7 Å². The van der Waals surface area contributed by atoms with Crippen molar-refractivity contribution in [3.8, 4) is 0 Å². The Bertz CT molecular complexity index is 1130. The molecule has 0 aromatic heterocycles. The summed E-state index contributed by atoms with van der Waals surface area (Å²) in [6, 6.07) is 19.7. The maximum absolute atomic E-state index is 12.6. The number of amides is 1. The van der Waals surface area contributed by atoms with Crippen LogP contribution in [0.5, 0.6) is 0 Å². The smallest absolute Gasteiger partial charge is 0.269 e. The minimum absolute atomic E-state index is 0.105. The number of carbonyl (C=O) groups excluding carboxylic acids is 1. The Morgan fingerprint density at radius 1 is 0.931 bits per heavy atom. The number of non-ortho nitro benzene ring substituents is 1. The molecule has 0 bridgehead atoms. The van der Waals surface area contributed by atoms with Gasteiger partial charge in [0.1, 0.15) is 0 Å². The van der Waals surface area contributed by atoms with E-state index in [1.54, 1.807) is 7.05 Å². The Labute approximate surface area is 167 Å². The molecule has 3 aromatic carbocycles. The third-order valence-corrected chi connectivity index (χ3v) is 5.59. The summed E-state index contributed by atoms with van der Waals surface area (Å²) in [5.41, 5.74) is 1.20. The van der Waals surface area contributed by atoms with Crippen molar-refractivity contribution in [2.24, 2.45) is 0 Å². The van der Waals surface area contributed by atoms with Gasteiger partial charge in [-0.3, -0.25) is 19.6 Å². The van der Waals surface area contributed by atoms with Crippen LogP contribution >= 0.6 is 0 Å². The Morgan fingerprint density at radius 2 is 1.52 bits per heavy atom. The number of para-hydroxylation sites is 1. The monoisotopic (exact) mass is 411 g/mol. The minimum Gasteiger partial charge on any atom is -0.311 e. The number of sulfonamides is 1. The summed E-state index contributed by atoms with van der Waals surface area (Å²) in [6.45, 7) is 0. The topological polar surface area (TPSA) is 110 Å². The number of anilines is 2. The standard InChI is InChI=1S/C20H17N3O5S/c1-22(17-5-3-2-4-6-17)20(24)15-7-9-16(10-8-15)21-29(27,28)19-13-11-18(12-14-19)23(25)26/h2-14,21H,1H3. The zero-order valence-electron chi connectivity index (χ0n) is 15.3. The van der Waals surface area contributed by atoms with E-state index in [1.807, 2.05) is 30.3 Å². The molecule has 148 valence electrons. The summed E-state index contributed by atoms with van der Waals surface area (Å²) < 4.78 is 27.3. The van der Waals surface area contributed by atoms with Gasteiger partial charge in [0.2, 0.25) is 0 Å². The summed E-state index contributed by atoms with van der Waals surface area (Å²) >= 11 is 0. The second-order valence-corrected chi connectivity index (χ2v) is 7.82. The van der Waals surface area contributed by atoms with Crippen LogP contribution in [0.3, 0.4) is 0 Å². The van der Waals surface area contributed by atoms with Crippen LogP contribution in [0.4, 0.5) is 17.1 Å². The molecule has 0 aliphatic heterocycles. The molecule has 0 saturated carbocycles. The van der Waals surface area contributed by atoms with Gasteiger partial charge in [-0.25, -0.2) is 8.42 Å². The molecule has 0 radical (unpaired) electrons. The van der Waals surface area contributed by atoms with Crippen LogP contribution < -0.4 is 9.62 Å². The van der Waals surface area contributed by atoms with E-state index in [2.05, 4.69) is 4.72 Å². The number of nitrogens with one attached hydrogen (secondary N) is 1. The molecular weight excluding hydrogens is 394 g/mol. The van der Waals surface area contributed by atoms with Crippen molar-refractivity contribution in [3.63, 3.8) is 0 Å². The summed E-state index contributed by atoms with van der Waals surface area (Å²) in [5, 5.41) is 10.7. The van der Waals surface area contributed by atoms with Crippen LogP contribution in [0.25, 0.3) is 0 Å². The maximum Gasteiger partial charge on any atom is 0.269 e. The number of nitrogens with zero attached hydrogens (tertiary/aromatic N) is 2. The number of nitro groups is 1. The highest BCUT2D eigenvalue weighted by Gasteiger charge is 2.17. The van der Waals surface area contributed by atoms with Crippen molar-refractivity contribution >= 4 is 33.0 Å². The van der Waals surface area contributed by atoms with Crippen LogP contribution in [0.15, 0.2) is 83.8 Å². The fraction of sp³-hybridized carbons (Fsp3) is 0.0500. The average Bonchev–Trinajstić information content (AvgIpc) is 2.73. The molecule has 9 heteroatoms. The van der Waals surface area contributed by atoms with Gasteiger partial charge < -0.3 is 4.90 Å². The van der Waals surface area contributed by atoms with Gasteiger partial charge in [0, 0.05) is 36.1 Å². The van der Waals surface area contributed by atoms with Crippen molar-refractivity contribution in [1.82, 2.24) is 0 Å². The lowest BCUT2D eigenvalue weighted by Crippen LogP contribution is -2.26. The van der Waals surface area contributed by atoms with E-state index >= 15 is 0 Å². The summed E-state index contributed by atoms with van der Waals surface area (Å²) in [4.78, 5) is 24.1. The van der Waals surface area contributed by atoms with E-state index < -0.39 is 14.9 Å². The molecule has 1 amide bonds. The van der Waals surface area contributed by atoms with Gasteiger partial charge in [-0.15, -0.1) is 0 Å². The van der Waals surface area contributed by atoms with Crippen molar-refractivity contribution in [3.05, 3.63) is 94.5 Å². The second kappa shape index (κ2) is 8.11. The zero-order valence-corrected chi connectivity index (χ0v) is 16.2. The Morgan fingerprint density at radius 3 is 2.07 bits per heavy atom. The summed E-state index contributed by atoms with van der Waals surface area (Å²) in [7, 11) is -2.26. The minimum atomic E-state index is -3.92. The first-order valence-electron chi connectivity index (χ1n) is 8.48. The molecule has 0 atom stereocenters. The van der Waals surface area contributed by atoms with Crippen molar-refractivity contribution in [2.45, 2.75) is 4.90 Å². The van der Waals surface area contributed by atoms with Gasteiger partial charge in [-0.1, -0.05) is 18.2 Å². The number of benzene rings is 3. The van der Waals surface area contributed by atoms with Crippen molar-refractivity contribution in [1.29, 1.82) is 0 Å². The summed E-state index contributed by atoms with van der Waals surface area (Å²) in [6.07, 6.45) is 0. The lowest BCUT2D eigenvalue weighted by Gasteiger charge is -2.17. The molecule has 0 saturated heterocycles. The van der Waals surface area contributed by atoms with Crippen molar-refractivity contribution < 1.29 is 18.1 Å². The van der Waals surface area contributed by atoms with E-state index in [0.717, 1.165) is 30.0 Å². The maximum atomic E-state index is 12.6. The first kappa shape index (κ1) is 20.0. The average molecular weight is 411 g/mol. The molecule has 0 spiro atoms. The van der Waals surface area contributed by atoms with E-state index in [9.17, 15) is 23.3 Å². The van der Waals surface area contributed by atoms with Crippen LogP contribution in [0.2, 0.25) is 0 Å². The molecule has 29 heavy (non-hydrogen) atoms. The number of carbonyl (C=O) groups is 1. The van der Waals surface area contributed by atoms with E-state index in [4.69, 9.17) is 0 Å². The number of rotatable bonds is 6. The molecule has 0 aliphatic rings. The molecule has 3 rings (SSSR count). The number of hydrogen-bond donors (Lipinski definition) is 1. The highest BCUT2D eigenvalue weighted by Crippen LogP contribution is 2.21. The molecule has 3 aromatic rings. The second-order valence-electron chi connectivity index (χ2n) is 6.13. The Balaban J connectivity index is 1.74. The quantitative estimate of drug-likeness (QED) is 0.492. The van der Waals surface area contributed by atoms with Gasteiger partial charge in [0.25, 0.3) is 21.6 Å². The SMILES string of the molecule is CN(C(=O)c1ccc(NS(=O)(=O)c2ccc([N+](=O)[O-])cc2)cc1)c1ccccc1. The largest absolute Gasteiger partial charge is 0.311 e. The van der Waals surface area contributed by atoms with Crippen LogP contribution in [-0.4, -0.2) is 26.3 Å². The van der Waals surface area contributed by atoms with Gasteiger partial charge in [0.05, 0.1) is 9.82 Å². The molecule has 0 heterocycles. The zero-order chi connectivity index (χ0) is 21.0. The lowest BCUT2D eigenvalue weighted by atomic mass is 10.1. The fourth-order valence-corrected chi connectivity index (χ4v) is 3.66. The van der Waals surface area contributed by atoms with E-state index in [-0.39, 0.29) is 22.2 Å². The molecule has 8 nitrogen and oxygen atoms in total. The molecule has 1 N–H and O–H groups in total. The first-order valence-corrected chi connectivity index (χ1v) is 9.97. The third kappa shape index (κ3) is 4.58. The molecule has 0 unspecified atom stereocenters. The van der Waals surface area contributed by atoms with E-state index in [0.29, 0.717) is 5.56 Å². The van der Waals surface area contributed by atoms with Gasteiger partial charge in [0.15, 0.2) is 0 Å². The normalized spacial score (nSPS) is 10.9. The number of nitro benzene ring substituents is 1. The van der Waals surface area contributed by atoms with E-state index in [1.165, 1.54) is 29.2 Å². The fourth-order valence-electron chi connectivity index (χ4n) is 2.60. The van der Waals surface area contributed by atoms with Crippen LogP contribution in [0.1, 0.15) is 10.4 Å². The predicted octanol–water partition coefficient (Wildman–Crippen LogP) is 3.67. The third-order valence-electron chi connectivity index (χ3n) is 4.19. The Kier molecular flexibility index (Phi) is 5.60. The molecule has 0 aliphatic carbocycles. The lowest BCUT2D eigenvalue weighted by molar-refractivity contribution is -0.384. The number of hydrogen-bond acceptors (Lipinski definition) is 5. The van der Waals surface area contributed by atoms with Gasteiger partial charge >= 0.3 is 0 Å². The van der Waals surface area contributed by atoms with Gasteiger partial charge in [-0.05, 0) is 48.5 Å².